The number of nitrogens with zero attached hydrogens (tertiary/aromatic N) is 1. The fourth-order valence-corrected chi connectivity index (χ4v) is 3.45. The third kappa shape index (κ3) is 4.40. The van der Waals surface area contributed by atoms with Gasteiger partial charge in [0.15, 0.2) is 0 Å². The number of carbonyl (C=O) groups is 2. The average Bonchev–Trinajstić information content (AvgIpc) is 2.76. The number of amides is 2. The Labute approximate surface area is 186 Å². The normalized spacial score (nSPS) is 14.8. The molecule has 11 heteroatoms. The molecule has 0 bridgehead atoms. The molecule has 0 saturated heterocycles. The van der Waals surface area contributed by atoms with E-state index in [4.69, 9.17) is 16.3 Å². The van der Waals surface area contributed by atoms with Crippen LogP contribution < -0.4 is 26.2 Å². The number of aromatic nitrogens is 2. The van der Waals surface area contributed by atoms with Crippen LogP contribution in [0.4, 0.5) is 27.5 Å². The van der Waals surface area contributed by atoms with Gasteiger partial charge < -0.3 is 20.7 Å². The summed E-state index contributed by atoms with van der Waals surface area (Å²) in [6, 6.07) is 10.6. The summed E-state index contributed by atoms with van der Waals surface area (Å²) in [6.45, 7) is 0. The number of hydrogen-bond acceptors (Lipinski definition) is 6. The van der Waals surface area contributed by atoms with Crippen molar-refractivity contribution in [2.24, 2.45) is 0 Å². The summed E-state index contributed by atoms with van der Waals surface area (Å²) in [6.07, 6.45) is -0.246. The lowest BCUT2D eigenvalue weighted by Gasteiger charge is -2.23. The van der Waals surface area contributed by atoms with E-state index in [1.54, 1.807) is 31.4 Å². The van der Waals surface area contributed by atoms with Gasteiger partial charge in [-0.2, -0.15) is 4.98 Å². The molecule has 4 N–H and O–H groups in total. The molecule has 0 aliphatic carbocycles. The predicted octanol–water partition coefficient (Wildman–Crippen LogP) is 3.38. The maximum absolute atomic E-state index is 13.4. The Morgan fingerprint density at radius 1 is 1.19 bits per heavy atom. The van der Waals surface area contributed by atoms with E-state index in [9.17, 15) is 18.8 Å². The van der Waals surface area contributed by atoms with Crippen molar-refractivity contribution in [2.45, 2.75) is 12.3 Å². The van der Waals surface area contributed by atoms with Crippen molar-refractivity contribution >= 4 is 46.6 Å². The first kappa shape index (κ1) is 21.3. The van der Waals surface area contributed by atoms with Crippen LogP contribution in [-0.4, -0.2) is 28.9 Å². The van der Waals surface area contributed by atoms with E-state index in [2.05, 4.69) is 25.9 Å². The summed E-state index contributed by atoms with van der Waals surface area (Å²) in [7, 11) is 1.55. The van der Waals surface area contributed by atoms with Gasteiger partial charge in [-0.25, -0.2) is 4.39 Å². The number of methoxy groups -OCH3 is 1. The lowest BCUT2D eigenvalue weighted by atomic mass is 9.92. The molecule has 2 amide bonds. The number of aromatic amines is 1. The number of fused-ring (bicyclic) bond motifs is 1. The maximum atomic E-state index is 13.4. The standard InChI is InChI=1S/C21H17ClFN5O4/c1-32-12-5-2-10(3-6-12)25-21-27-18-17(20(31)28-21)13(9-16(29)26-18)19(30)24-11-4-7-15(23)14(22)8-11/h2-8,13H,9H2,1H3,(H,24,30)(H3,25,26,27,28,29,31). The van der Waals surface area contributed by atoms with E-state index < -0.39 is 29.1 Å². The second kappa shape index (κ2) is 8.67. The molecule has 9 nitrogen and oxygen atoms in total. The van der Waals surface area contributed by atoms with Crippen LogP contribution in [-0.2, 0) is 9.59 Å². The number of benzene rings is 2. The molecule has 0 radical (unpaired) electrons. The van der Waals surface area contributed by atoms with E-state index in [0.29, 0.717) is 11.4 Å². The molecule has 1 atom stereocenters. The number of halogens is 2. The van der Waals surface area contributed by atoms with Crippen molar-refractivity contribution in [1.29, 1.82) is 0 Å². The van der Waals surface area contributed by atoms with Gasteiger partial charge in [-0.15, -0.1) is 0 Å². The minimum atomic E-state index is -1.09. The molecule has 4 rings (SSSR count). The van der Waals surface area contributed by atoms with Crippen molar-refractivity contribution < 1.29 is 18.7 Å². The summed E-state index contributed by atoms with van der Waals surface area (Å²) < 4.78 is 18.5. The maximum Gasteiger partial charge on any atom is 0.258 e. The van der Waals surface area contributed by atoms with Crippen LogP contribution in [0.25, 0.3) is 0 Å². The van der Waals surface area contributed by atoms with Gasteiger partial charge in [0.05, 0.1) is 23.6 Å². The highest BCUT2D eigenvalue weighted by molar-refractivity contribution is 6.31. The second-order valence-electron chi connectivity index (χ2n) is 6.95. The highest BCUT2D eigenvalue weighted by atomic mass is 35.5. The number of H-pyrrole nitrogens is 1. The molecular weight excluding hydrogens is 441 g/mol. The van der Waals surface area contributed by atoms with E-state index in [1.807, 2.05) is 0 Å². The van der Waals surface area contributed by atoms with Crippen molar-refractivity contribution in [3.63, 3.8) is 0 Å². The number of nitrogens with one attached hydrogen (secondary N) is 4. The number of anilines is 4. The molecular formula is C21H17ClFN5O4. The molecule has 1 aliphatic heterocycles. The van der Waals surface area contributed by atoms with Gasteiger partial charge >= 0.3 is 0 Å². The third-order valence-corrected chi connectivity index (χ3v) is 5.10. The monoisotopic (exact) mass is 457 g/mol. The van der Waals surface area contributed by atoms with Crippen LogP contribution in [0.5, 0.6) is 5.75 Å². The van der Waals surface area contributed by atoms with E-state index >= 15 is 0 Å². The average molecular weight is 458 g/mol. The lowest BCUT2D eigenvalue weighted by Crippen LogP contribution is -2.36. The first-order valence-corrected chi connectivity index (χ1v) is 9.83. The molecule has 1 unspecified atom stereocenters. The minimum Gasteiger partial charge on any atom is -0.497 e. The quantitative estimate of drug-likeness (QED) is 0.465. The molecule has 1 aromatic heterocycles. The topological polar surface area (TPSA) is 125 Å². The summed E-state index contributed by atoms with van der Waals surface area (Å²) in [5.74, 6) is -2.08. The molecule has 0 saturated carbocycles. The molecule has 1 aliphatic rings. The smallest absolute Gasteiger partial charge is 0.258 e. The lowest BCUT2D eigenvalue weighted by molar-refractivity contribution is -0.123. The van der Waals surface area contributed by atoms with Crippen molar-refractivity contribution in [3.8, 4) is 5.75 Å². The first-order valence-electron chi connectivity index (χ1n) is 9.45. The molecule has 32 heavy (non-hydrogen) atoms. The molecule has 2 heterocycles. The van der Waals surface area contributed by atoms with Gasteiger partial charge in [-0.1, -0.05) is 11.6 Å². The molecule has 2 aromatic carbocycles. The number of ether oxygens (including phenoxy) is 1. The second-order valence-corrected chi connectivity index (χ2v) is 7.36. The van der Waals surface area contributed by atoms with Crippen molar-refractivity contribution in [3.05, 3.63) is 69.2 Å². The van der Waals surface area contributed by atoms with Gasteiger partial charge in [-0.05, 0) is 42.5 Å². The van der Waals surface area contributed by atoms with Crippen LogP contribution in [0.1, 0.15) is 17.9 Å². The number of hydrogen-bond donors (Lipinski definition) is 4. The Morgan fingerprint density at radius 2 is 1.91 bits per heavy atom. The van der Waals surface area contributed by atoms with Crippen LogP contribution in [0, 0.1) is 5.82 Å². The van der Waals surface area contributed by atoms with E-state index in [-0.39, 0.29) is 34.5 Å². The SMILES string of the molecule is COc1ccc(Nc2nc3c(c(=O)[nH]2)C(C(=O)Nc2ccc(F)c(Cl)c2)CC(=O)N3)cc1. The van der Waals surface area contributed by atoms with Gasteiger partial charge in [0, 0.05) is 17.8 Å². The summed E-state index contributed by atoms with van der Waals surface area (Å²) in [5, 5.41) is 7.85. The van der Waals surface area contributed by atoms with Crippen LogP contribution >= 0.6 is 11.6 Å². The molecule has 164 valence electrons. The van der Waals surface area contributed by atoms with Crippen LogP contribution in [0.15, 0.2) is 47.3 Å². The van der Waals surface area contributed by atoms with Crippen molar-refractivity contribution in [1.82, 2.24) is 9.97 Å². The summed E-state index contributed by atoms with van der Waals surface area (Å²) in [4.78, 5) is 44.6. The Kier molecular flexibility index (Phi) is 5.78. The van der Waals surface area contributed by atoms with Gasteiger partial charge in [0.25, 0.3) is 5.56 Å². The zero-order valence-electron chi connectivity index (χ0n) is 16.7. The summed E-state index contributed by atoms with van der Waals surface area (Å²) >= 11 is 5.74. The molecule has 3 aromatic rings. The highest BCUT2D eigenvalue weighted by Gasteiger charge is 2.34. The Bertz CT molecular complexity index is 1260. The minimum absolute atomic E-state index is 0.0155. The van der Waals surface area contributed by atoms with Crippen LogP contribution in [0.3, 0.4) is 0 Å². The molecule has 0 fully saturated rings. The number of carbonyl (C=O) groups excluding carboxylic acids is 2. The van der Waals surface area contributed by atoms with E-state index in [1.165, 1.54) is 12.1 Å². The number of rotatable bonds is 5. The van der Waals surface area contributed by atoms with Crippen molar-refractivity contribution in [2.75, 3.05) is 23.1 Å². The zero-order valence-corrected chi connectivity index (χ0v) is 17.4. The molecule has 0 spiro atoms. The summed E-state index contributed by atoms with van der Waals surface area (Å²) in [5.41, 5.74) is 0.300. The van der Waals surface area contributed by atoms with Gasteiger partial charge in [-0.3, -0.25) is 19.4 Å². The van der Waals surface area contributed by atoms with Gasteiger partial charge in [0.2, 0.25) is 17.8 Å². The Morgan fingerprint density at radius 3 is 2.59 bits per heavy atom. The fourth-order valence-electron chi connectivity index (χ4n) is 3.27. The van der Waals surface area contributed by atoms with Gasteiger partial charge in [0.1, 0.15) is 17.4 Å². The fraction of sp³-hybridized carbons (Fsp3) is 0.143. The predicted molar refractivity (Wildman–Crippen MR) is 117 cm³/mol. The first-order chi connectivity index (χ1) is 15.3. The third-order valence-electron chi connectivity index (χ3n) is 4.81. The zero-order chi connectivity index (χ0) is 22.8. The van der Waals surface area contributed by atoms with E-state index in [0.717, 1.165) is 6.07 Å². The van der Waals surface area contributed by atoms with Crippen LogP contribution in [0.2, 0.25) is 5.02 Å². The Balaban J connectivity index is 1.61. The highest BCUT2D eigenvalue weighted by Crippen LogP contribution is 2.30. The largest absolute Gasteiger partial charge is 0.497 e. The Hall–Kier alpha value is -3.92.